The van der Waals surface area contributed by atoms with Gasteiger partial charge in [0.25, 0.3) is 0 Å². The Hall–Kier alpha value is -0.930. The van der Waals surface area contributed by atoms with E-state index in [0.717, 1.165) is 0 Å². The largest absolute Gasteiger partial charge is 0.394 e. The molecule has 2 N–H and O–H groups in total. The zero-order chi connectivity index (χ0) is 9.40. The quantitative estimate of drug-likeness (QED) is 0.464. The van der Waals surface area contributed by atoms with Crippen LogP contribution >= 0.6 is 0 Å². The summed E-state index contributed by atoms with van der Waals surface area (Å²) in [5.74, 6) is -0.186. The highest BCUT2D eigenvalue weighted by molar-refractivity contribution is 5.90. The molecule has 0 aromatic rings. The smallest absolute Gasteiger partial charge is 0.158 e. The Balaban J connectivity index is 3.73. The molecule has 0 fully saturated rings. The van der Waals surface area contributed by atoms with Crippen LogP contribution in [0.5, 0.6) is 0 Å². The van der Waals surface area contributed by atoms with E-state index in [2.05, 4.69) is 0 Å². The molecule has 1 atom stereocenters. The Morgan fingerprint density at radius 3 is 2.67 bits per heavy atom. The van der Waals surface area contributed by atoms with Crippen molar-refractivity contribution >= 4 is 5.78 Å². The molecule has 0 radical (unpaired) electrons. The lowest BCUT2D eigenvalue weighted by molar-refractivity contribution is -0.116. The zero-order valence-corrected chi connectivity index (χ0v) is 7.10. The molecule has 0 aromatic heterocycles. The Morgan fingerprint density at radius 2 is 2.17 bits per heavy atom. The predicted molar refractivity (Wildman–Crippen MR) is 46.7 cm³/mol. The molecule has 0 amide bonds. The number of hydrogen-bond acceptors (Lipinski definition) is 3. The lowest BCUT2D eigenvalue weighted by atomic mass is 10.2. The highest BCUT2D eigenvalue weighted by atomic mass is 16.3. The topological polar surface area (TPSA) is 57.5 Å². The van der Waals surface area contributed by atoms with Gasteiger partial charge in [0.15, 0.2) is 5.78 Å². The van der Waals surface area contributed by atoms with E-state index in [-0.39, 0.29) is 18.8 Å². The number of aliphatic hydroxyl groups is 2. The lowest BCUT2D eigenvalue weighted by Crippen LogP contribution is -2.15. The average Bonchev–Trinajstić information content (AvgIpc) is 2.05. The minimum atomic E-state index is -0.937. The first-order valence-electron chi connectivity index (χ1n) is 3.81. The van der Waals surface area contributed by atoms with E-state index < -0.39 is 6.10 Å². The molecule has 0 saturated heterocycles. The second-order valence-corrected chi connectivity index (χ2v) is 2.39. The molecule has 0 spiro atoms. The van der Waals surface area contributed by atoms with Crippen molar-refractivity contribution in [3.63, 3.8) is 0 Å². The molecule has 0 bridgehead atoms. The van der Waals surface area contributed by atoms with E-state index in [9.17, 15) is 4.79 Å². The first-order valence-corrected chi connectivity index (χ1v) is 3.81. The molecule has 3 nitrogen and oxygen atoms in total. The third-order valence-corrected chi connectivity index (χ3v) is 1.23. The molecule has 0 rings (SSSR count). The second-order valence-electron chi connectivity index (χ2n) is 2.39. The summed E-state index contributed by atoms with van der Waals surface area (Å²) in [6.07, 6.45) is 5.54. The first-order chi connectivity index (χ1) is 5.70. The third kappa shape index (κ3) is 5.82. The van der Waals surface area contributed by atoms with Crippen molar-refractivity contribution in [3.8, 4) is 0 Å². The van der Waals surface area contributed by atoms with E-state index in [1.54, 1.807) is 18.2 Å². The van der Waals surface area contributed by atoms with Crippen LogP contribution in [-0.4, -0.2) is 28.7 Å². The fourth-order valence-electron chi connectivity index (χ4n) is 0.639. The molecule has 3 heteroatoms. The summed E-state index contributed by atoms with van der Waals surface area (Å²) in [7, 11) is 0. The number of carbonyl (C=O) groups is 1. The molecule has 0 heterocycles. The molecular weight excluding hydrogens is 156 g/mol. The number of ketones is 1. The Kier molecular flexibility index (Phi) is 6.24. The number of aliphatic hydroxyl groups excluding tert-OH is 2. The molecule has 0 aliphatic heterocycles. The van der Waals surface area contributed by atoms with Gasteiger partial charge < -0.3 is 10.2 Å². The lowest BCUT2D eigenvalue weighted by Gasteiger charge is -2.01. The maximum atomic E-state index is 10.9. The van der Waals surface area contributed by atoms with Gasteiger partial charge in [0, 0.05) is 6.42 Å². The van der Waals surface area contributed by atoms with Crippen LogP contribution in [0.2, 0.25) is 0 Å². The SMILES string of the molecule is CC=CC=CC(=O)CC(O)CO. The summed E-state index contributed by atoms with van der Waals surface area (Å²) < 4.78 is 0. The van der Waals surface area contributed by atoms with Crippen molar-refractivity contribution in [2.24, 2.45) is 0 Å². The maximum absolute atomic E-state index is 10.9. The van der Waals surface area contributed by atoms with Crippen LogP contribution in [-0.2, 0) is 4.79 Å². The highest BCUT2D eigenvalue weighted by Crippen LogP contribution is 1.93. The van der Waals surface area contributed by atoms with Gasteiger partial charge in [0.2, 0.25) is 0 Å². The minimum Gasteiger partial charge on any atom is -0.394 e. The van der Waals surface area contributed by atoms with Crippen LogP contribution in [0.25, 0.3) is 0 Å². The van der Waals surface area contributed by atoms with Gasteiger partial charge in [-0.3, -0.25) is 4.79 Å². The average molecular weight is 170 g/mol. The van der Waals surface area contributed by atoms with Crippen molar-refractivity contribution in [2.75, 3.05) is 6.61 Å². The van der Waals surface area contributed by atoms with Gasteiger partial charge in [-0.25, -0.2) is 0 Å². The van der Waals surface area contributed by atoms with Crippen molar-refractivity contribution in [1.82, 2.24) is 0 Å². The Bertz CT molecular complexity index is 182. The van der Waals surface area contributed by atoms with Gasteiger partial charge in [0.05, 0.1) is 12.7 Å². The normalized spacial score (nSPS) is 14.2. The summed E-state index contributed by atoms with van der Waals surface area (Å²) in [4.78, 5) is 10.9. The van der Waals surface area contributed by atoms with Crippen molar-refractivity contribution in [1.29, 1.82) is 0 Å². The summed E-state index contributed by atoms with van der Waals surface area (Å²) in [6, 6.07) is 0. The predicted octanol–water partition coefficient (Wildman–Crippen LogP) is 0.431. The van der Waals surface area contributed by atoms with Crippen LogP contribution in [0.4, 0.5) is 0 Å². The van der Waals surface area contributed by atoms with Crippen LogP contribution in [0.1, 0.15) is 13.3 Å². The van der Waals surface area contributed by atoms with Gasteiger partial charge in [0.1, 0.15) is 0 Å². The van der Waals surface area contributed by atoms with Gasteiger partial charge in [-0.1, -0.05) is 18.2 Å². The maximum Gasteiger partial charge on any atom is 0.158 e. The summed E-state index contributed by atoms with van der Waals surface area (Å²) >= 11 is 0. The number of allylic oxidation sites excluding steroid dienone is 4. The molecule has 1 unspecified atom stereocenters. The molecule has 12 heavy (non-hydrogen) atoms. The van der Waals surface area contributed by atoms with Crippen molar-refractivity contribution in [3.05, 3.63) is 24.3 Å². The van der Waals surface area contributed by atoms with Crippen molar-refractivity contribution in [2.45, 2.75) is 19.4 Å². The summed E-state index contributed by atoms with van der Waals surface area (Å²) in [5.41, 5.74) is 0. The van der Waals surface area contributed by atoms with E-state index >= 15 is 0 Å². The standard InChI is InChI=1S/C9H14O3/c1-2-3-4-5-8(11)6-9(12)7-10/h2-5,9-10,12H,6-7H2,1H3. The monoisotopic (exact) mass is 170 g/mol. The fourth-order valence-corrected chi connectivity index (χ4v) is 0.639. The van der Waals surface area contributed by atoms with Gasteiger partial charge in [-0.05, 0) is 13.0 Å². The summed E-state index contributed by atoms with van der Waals surface area (Å²) in [6.45, 7) is 1.47. The van der Waals surface area contributed by atoms with Crippen LogP contribution in [0, 0.1) is 0 Å². The number of hydrogen-bond donors (Lipinski definition) is 2. The Labute approximate surface area is 72.0 Å². The van der Waals surface area contributed by atoms with E-state index in [4.69, 9.17) is 10.2 Å². The van der Waals surface area contributed by atoms with Crippen molar-refractivity contribution < 1.29 is 15.0 Å². The molecule has 68 valence electrons. The third-order valence-electron chi connectivity index (χ3n) is 1.23. The molecule has 0 saturated carbocycles. The first kappa shape index (κ1) is 11.1. The van der Waals surface area contributed by atoms with Crippen LogP contribution < -0.4 is 0 Å². The van der Waals surface area contributed by atoms with E-state index in [1.165, 1.54) is 6.08 Å². The highest BCUT2D eigenvalue weighted by Gasteiger charge is 2.05. The van der Waals surface area contributed by atoms with Gasteiger partial charge in [-0.2, -0.15) is 0 Å². The van der Waals surface area contributed by atoms with E-state index in [1.807, 2.05) is 6.92 Å². The Morgan fingerprint density at radius 1 is 1.50 bits per heavy atom. The molecule has 0 aromatic carbocycles. The zero-order valence-electron chi connectivity index (χ0n) is 7.10. The number of rotatable bonds is 5. The second kappa shape index (κ2) is 6.76. The fraction of sp³-hybridized carbons (Fsp3) is 0.444. The molecule has 0 aliphatic rings. The molecule has 0 aliphatic carbocycles. The molecular formula is C9H14O3. The van der Waals surface area contributed by atoms with Gasteiger partial charge in [-0.15, -0.1) is 0 Å². The number of carbonyl (C=O) groups excluding carboxylic acids is 1. The van der Waals surface area contributed by atoms with Crippen LogP contribution in [0.3, 0.4) is 0 Å². The van der Waals surface area contributed by atoms with Gasteiger partial charge >= 0.3 is 0 Å². The summed E-state index contributed by atoms with van der Waals surface area (Å²) in [5, 5.41) is 17.3. The van der Waals surface area contributed by atoms with E-state index in [0.29, 0.717) is 0 Å². The minimum absolute atomic E-state index is 0.0233. The van der Waals surface area contributed by atoms with Crippen LogP contribution in [0.15, 0.2) is 24.3 Å².